The van der Waals surface area contributed by atoms with Crippen LogP contribution in [0.2, 0.25) is 0 Å². The Bertz CT molecular complexity index is 1150. The van der Waals surface area contributed by atoms with Crippen LogP contribution in [0.5, 0.6) is 5.75 Å². The summed E-state index contributed by atoms with van der Waals surface area (Å²) in [4.78, 5) is 16.8. The van der Waals surface area contributed by atoms with Gasteiger partial charge < -0.3 is 14.6 Å². The summed E-state index contributed by atoms with van der Waals surface area (Å²) in [6.45, 7) is 4.06. The number of thioether (sulfide) groups is 1. The summed E-state index contributed by atoms with van der Waals surface area (Å²) >= 11 is 2.79. The first-order valence-corrected chi connectivity index (χ1v) is 11.8. The van der Waals surface area contributed by atoms with Gasteiger partial charge in [0.1, 0.15) is 5.75 Å². The van der Waals surface area contributed by atoms with Crippen molar-refractivity contribution in [3.63, 3.8) is 0 Å². The van der Waals surface area contributed by atoms with Gasteiger partial charge in [0.25, 0.3) is 0 Å². The molecule has 4 rings (SSSR count). The molecule has 1 atom stereocenters. The summed E-state index contributed by atoms with van der Waals surface area (Å²) in [6.07, 6.45) is 0.725. The molecule has 2 heterocycles. The highest BCUT2D eigenvalue weighted by molar-refractivity contribution is 7.99. The molecule has 0 aliphatic heterocycles. The smallest absolute Gasteiger partial charge is 0.236 e. The van der Waals surface area contributed by atoms with Gasteiger partial charge in [-0.2, -0.15) is 0 Å². The number of carbonyl (C=O) groups excluding carboxylic acids is 1. The molecule has 0 fully saturated rings. The fraction of sp³-hybridized carbons (Fsp3) is 0.273. The summed E-state index contributed by atoms with van der Waals surface area (Å²) in [5.41, 5.74) is 2.15. The average Bonchev–Trinajstić information content (AvgIpc) is 3.35. The standard InChI is InChI=1S/C22H23N5O2S2/c1-4-15-9-11-16(12-10-15)29-14(2)20-25-26-22(27(20)3)30-13-19(28)24-21-23-17-7-5-6-8-18(17)31-21/h5-12,14H,4,13H2,1-3H3,(H,23,24,28)/t14-/m0/s1. The first-order chi connectivity index (χ1) is 15.0. The highest BCUT2D eigenvalue weighted by Gasteiger charge is 2.18. The lowest BCUT2D eigenvalue weighted by Gasteiger charge is -2.14. The molecule has 160 valence electrons. The molecule has 1 amide bonds. The van der Waals surface area contributed by atoms with Gasteiger partial charge in [0, 0.05) is 7.05 Å². The summed E-state index contributed by atoms with van der Waals surface area (Å²) < 4.78 is 8.91. The number of rotatable bonds is 8. The second-order valence-corrected chi connectivity index (χ2v) is 8.95. The predicted octanol–water partition coefficient (Wildman–Crippen LogP) is 4.86. The van der Waals surface area contributed by atoms with Crippen LogP contribution in [0, 0.1) is 0 Å². The van der Waals surface area contributed by atoms with Gasteiger partial charge in [-0.05, 0) is 43.2 Å². The number of nitrogens with one attached hydrogen (secondary N) is 1. The number of hydrogen-bond donors (Lipinski definition) is 1. The Morgan fingerprint density at radius 1 is 1.19 bits per heavy atom. The van der Waals surface area contributed by atoms with Crippen LogP contribution in [0.3, 0.4) is 0 Å². The van der Waals surface area contributed by atoms with Gasteiger partial charge in [0.05, 0.1) is 16.0 Å². The number of para-hydroxylation sites is 1. The summed E-state index contributed by atoms with van der Waals surface area (Å²) in [5.74, 6) is 1.58. The number of amides is 1. The van der Waals surface area contributed by atoms with Gasteiger partial charge in [0.15, 0.2) is 22.2 Å². The molecule has 0 aliphatic carbocycles. The van der Waals surface area contributed by atoms with Crippen LogP contribution in [-0.4, -0.2) is 31.4 Å². The Morgan fingerprint density at radius 3 is 2.71 bits per heavy atom. The minimum Gasteiger partial charge on any atom is -0.483 e. The molecule has 31 heavy (non-hydrogen) atoms. The van der Waals surface area contributed by atoms with Crippen LogP contribution >= 0.6 is 23.1 Å². The second-order valence-electron chi connectivity index (χ2n) is 6.98. The number of aromatic nitrogens is 4. The number of ether oxygens (including phenoxy) is 1. The number of benzene rings is 2. The molecule has 0 aliphatic rings. The van der Waals surface area contributed by atoms with E-state index >= 15 is 0 Å². The normalized spacial score (nSPS) is 12.1. The van der Waals surface area contributed by atoms with Crippen molar-refractivity contribution in [3.05, 3.63) is 59.9 Å². The van der Waals surface area contributed by atoms with Crippen molar-refractivity contribution in [3.8, 4) is 5.75 Å². The molecule has 1 N–H and O–H groups in total. The van der Waals surface area contributed by atoms with Gasteiger partial charge in [-0.1, -0.05) is 54.3 Å². The molecule has 2 aromatic heterocycles. The maximum Gasteiger partial charge on any atom is 0.236 e. The fourth-order valence-corrected chi connectivity index (χ4v) is 4.68. The molecule has 4 aromatic rings. The van der Waals surface area contributed by atoms with E-state index in [1.165, 1.54) is 28.7 Å². The highest BCUT2D eigenvalue weighted by Crippen LogP contribution is 2.27. The van der Waals surface area contributed by atoms with Gasteiger partial charge >= 0.3 is 0 Å². The van der Waals surface area contributed by atoms with Crippen molar-refractivity contribution in [1.82, 2.24) is 19.7 Å². The molecule has 0 saturated carbocycles. The summed E-state index contributed by atoms with van der Waals surface area (Å²) in [5, 5.41) is 12.6. The van der Waals surface area contributed by atoms with E-state index < -0.39 is 0 Å². The Balaban J connectivity index is 1.34. The first kappa shape index (κ1) is 21.3. The van der Waals surface area contributed by atoms with Crippen LogP contribution in [0.15, 0.2) is 53.7 Å². The monoisotopic (exact) mass is 453 g/mol. The molecule has 2 aromatic carbocycles. The van der Waals surface area contributed by atoms with E-state index in [4.69, 9.17) is 4.74 Å². The molecule has 0 unspecified atom stereocenters. The molecule has 7 nitrogen and oxygen atoms in total. The third-order valence-electron chi connectivity index (χ3n) is 4.75. The molecular formula is C22H23N5O2S2. The van der Waals surface area contributed by atoms with Crippen molar-refractivity contribution < 1.29 is 9.53 Å². The van der Waals surface area contributed by atoms with E-state index in [9.17, 15) is 4.79 Å². The maximum atomic E-state index is 12.4. The molecule has 0 spiro atoms. The Kier molecular flexibility index (Phi) is 6.53. The molecule has 0 bridgehead atoms. The first-order valence-electron chi connectivity index (χ1n) is 9.96. The van der Waals surface area contributed by atoms with Crippen LogP contribution in [0.4, 0.5) is 5.13 Å². The third kappa shape index (κ3) is 5.05. The topological polar surface area (TPSA) is 81.9 Å². The fourth-order valence-electron chi connectivity index (χ4n) is 3.08. The molecule has 0 saturated heterocycles. The van der Waals surface area contributed by atoms with E-state index in [0.717, 1.165) is 22.4 Å². The number of thiazole rings is 1. The SMILES string of the molecule is CCc1ccc(O[C@@H](C)c2nnc(SCC(=O)Nc3nc4ccccc4s3)n2C)cc1. The zero-order valence-corrected chi connectivity index (χ0v) is 19.2. The molecule has 9 heteroatoms. The summed E-state index contributed by atoms with van der Waals surface area (Å²) in [6, 6.07) is 15.9. The van der Waals surface area contributed by atoms with E-state index in [1.54, 1.807) is 0 Å². The third-order valence-corrected chi connectivity index (χ3v) is 6.72. The zero-order chi connectivity index (χ0) is 21.8. The van der Waals surface area contributed by atoms with Crippen LogP contribution in [0.1, 0.15) is 31.3 Å². The molecule has 0 radical (unpaired) electrons. The minimum absolute atomic E-state index is 0.131. The average molecular weight is 454 g/mol. The van der Waals surface area contributed by atoms with E-state index in [0.29, 0.717) is 16.1 Å². The quantitative estimate of drug-likeness (QED) is 0.384. The van der Waals surface area contributed by atoms with E-state index in [2.05, 4.69) is 39.6 Å². The van der Waals surface area contributed by atoms with Crippen LogP contribution in [-0.2, 0) is 18.3 Å². The highest BCUT2D eigenvalue weighted by atomic mass is 32.2. The van der Waals surface area contributed by atoms with Gasteiger partial charge in [-0.25, -0.2) is 4.98 Å². The lowest BCUT2D eigenvalue weighted by Crippen LogP contribution is -2.14. The van der Waals surface area contributed by atoms with Crippen LogP contribution < -0.4 is 10.1 Å². The van der Waals surface area contributed by atoms with Gasteiger partial charge in [-0.15, -0.1) is 10.2 Å². The van der Waals surface area contributed by atoms with Crippen molar-refractivity contribution in [2.75, 3.05) is 11.1 Å². The van der Waals surface area contributed by atoms with E-state index in [1.807, 2.05) is 54.9 Å². The largest absolute Gasteiger partial charge is 0.483 e. The molecular weight excluding hydrogens is 430 g/mol. The number of nitrogens with zero attached hydrogens (tertiary/aromatic N) is 4. The lowest BCUT2D eigenvalue weighted by molar-refractivity contribution is -0.113. The minimum atomic E-state index is -0.268. The Morgan fingerprint density at radius 2 is 1.97 bits per heavy atom. The maximum absolute atomic E-state index is 12.4. The van der Waals surface area contributed by atoms with Crippen molar-refractivity contribution in [2.45, 2.75) is 31.5 Å². The van der Waals surface area contributed by atoms with E-state index in [-0.39, 0.29) is 17.8 Å². The Hall–Kier alpha value is -2.91. The number of hydrogen-bond acceptors (Lipinski definition) is 7. The van der Waals surface area contributed by atoms with Crippen molar-refractivity contribution in [1.29, 1.82) is 0 Å². The van der Waals surface area contributed by atoms with Crippen molar-refractivity contribution >= 4 is 44.4 Å². The summed E-state index contributed by atoms with van der Waals surface area (Å²) in [7, 11) is 1.88. The van der Waals surface area contributed by atoms with Crippen molar-refractivity contribution in [2.24, 2.45) is 7.05 Å². The van der Waals surface area contributed by atoms with Gasteiger partial charge in [0.2, 0.25) is 5.91 Å². The number of fused-ring (bicyclic) bond motifs is 1. The van der Waals surface area contributed by atoms with Gasteiger partial charge in [-0.3, -0.25) is 4.79 Å². The number of carbonyl (C=O) groups is 1. The second kappa shape index (κ2) is 9.49. The number of aryl methyl sites for hydroxylation is 1. The predicted molar refractivity (Wildman–Crippen MR) is 125 cm³/mol. The number of anilines is 1. The zero-order valence-electron chi connectivity index (χ0n) is 17.5. The van der Waals surface area contributed by atoms with Crippen LogP contribution in [0.25, 0.3) is 10.2 Å². The Labute approximate surface area is 188 Å². The lowest BCUT2D eigenvalue weighted by atomic mass is 10.2.